The van der Waals surface area contributed by atoms with Gasteiger partial charge in [0.05, 0.1) is 10.8 Å². The van der Waals surface area contributed by atoms with Gasteiger partial charge in [-0.3, -0.25) is 14.4 Å². The van der Waals surface area contributed by atoms with Gasteiger partial charge < -0.3 is 14.6 Å². The van der Waals surface area contributed by atoms with E-state index in [-0.39, 0.29) is 27.6 Å². The summed E-state index contributed by atoms with van der Waals surface area (Å²) in [6.07, 6.45) is 12.1. The minimum Gasteiger partial charge on any atom is -0.481 e. The number of hydrogen-bond donors (Lipinski definition) is 1. The molecule has 5 aliphatic rings. The first-order chi connectivity index (χ1) is 18.3. The van der Waals surface area contributed by atoms with Crippen LogP contribution in [0.1, 0.15) is 120 Å². The first-order valence-electron chi connectivity index (χ1n) is 15.3. The molecule has 5 aliphatic carbocycles. The van der Waals surface area contributed by atoms with E-state index < -0.39 is 34.5 Å². The Bertz CT molecular complexity index is 1190. The summed E-state index contributed by atoms with van der Waals surface area (Å²) in [4.78, 5) is 37.4. The summed E-state index contributed by atoms with van der Waals surface area (Å²) >= 11 is 0. The number of hydrogen-bond acceptors (Lipinski definition) is 5. The van der Waals surface area contributed by atoms with Crippen LogP contribution in [-0.2, 0) is 23.9 Å². The first-order valence-corrected chi connectivity index (χ1v) is 15.3. The monoisotopic (exact) mass is 554 g/mol. The van der Waals surface area contributed by atoms with Gasteiger partial charge in [-0.05, 0) is 98.7 Å². The third-order valence-electron chi connectivity index (χ3n) is 13.1. The van der Waals surface area contributed by atoms with E-state index in [0.717, 1.165) is 51.4 Å². The van der Waals surface area contributed by atoms with E-state index in [4.69, 9.17) is 9.47 Å². The van der Waals surface area contributed by atoms with Gasteiger partial charge in [0.1, 0.15) is 0 Å². The summed E-state index contributed by atoms with van der Waals surface area (Å²) < 4.78 is 11.8. The van der Waals surface area contributed by atoms with Crippen molar-refractivity contribution in [2.45, 2.75) is 126 Å². The number of rotatable bonds is 3. The standard InChI is InChI=1S/C34H50O6/c1-21(35)39-34(40-22(2)36)19-15-30(7)25(29(34,5)6)12-13-32(9)26(30)11-10-23-24-20-28(3,4)14-17-33(24,27(37)38)18-16-31(23,32)8/h10,12,24,26H,11,13-20H2,1-9H3,(H,37,38)/t24-,26-,30+,31-,32-,33+/m1/s1. The molecule has 3 fully saturated rings. The van der Waals surface area contributed by atoms with E-state index in [1.807, 2.05) is 0 Å². The van der Waals surface area contributed by atoms with Crippen molar-refractivity contribution in [1.82, 2.24) is 0 Å². The summed E-state index contributed by atoms with van der Waals surface area (Å²) in [6.45, 7) is 18.7. The Morgan fingerprint density at radius 1 is 0.825 bits per heavy atom. The van der Waals surface area contributed by atoms with Gasteiger partial charge in [-0.25, -0.2) is 0 Å². The van der Waals surface area contributed by atoms with Crippen LogP contribution in [0.3, 0.4) is 0 Å². The topological polar surface area (TPSA) is 89.9 Å². The van der Waals surface area contributed by atoms with E-state index in [1.54, 1.807) is 0 Å². The van der Waals surface area contributed by atoms with Gasteiger partial charge in [-0.15, -0.1) is 0 Å². The van der Waals surface area contributed by atoms with Crippen molar-refractivity contribution < 1.29 is 29.0 Å². The molecule has 0 radical (unpaired) electrons. The fourth-order valence-electron chi connectivity index (χ4n) is 10.7. The summed E-state index contributed by atoms with van der Waals surface area (Å²) in [6, 6.07) is 0. The molecule has 6 heteroatoms. The Labute approximate surface area is 240 Å². The molecule has 6 atom stereocenters. The molecule has 0 amide bonds. The highest BCUT2D eigenvalue weighted by Crippen LogP contribution is 2.75. The number of carbonyl (C=O) groups is 3. The number of fused-ring (bicyclic) bond motifs is 7. The lowest BCUT2D eigenvalue weighted by atomic mass is 9.35. The second-order valence-electron chi connectivity index (χ2n) is 15.9. The van der Waals surface area contributed by atoms with Gasteiger partial charge in [0.25, 0.3) is 5.79 Å². The van der Waals surface area contributed by atoms with Crippen LogP contribution in [0.25, 0.3) is 0 Å². The van der Waals surface area contributed by atoms with Crippen LogP contribution >= 0.6 is 0 Å². The molecule has 0 aromatic rings. The maximum Gasteiger partial charge on any atom is 0.310 e. The number of aliphatic carboxylic acids is 1. The largest absolute Gasteiger partial charge is 0.481 e. The molecule has 0 aromatic carbocycles. The molecular formula is C34H50O6. The minimum atomic E-state index is -1.33. The molecular weight excluding hydrogens is 504 g/mol. The molecule has 0 aliphatic heterocycles. The maximum absolute atomic E-state index is 12.9. The van der Waals surface area contributed by atoms with Crippen molar-refractivity contribution in [2.75, 3.05) is 0 Å². The molecule has 5 rings (SSSR count). The number of carbonyl (C=O) groups excluding carboxylic acids is 2. The van der Waals surface area contributed by atoms with Crippen LogP contribution in [0.5, 0.6) is 0 Å². The van der Waals surface area contributed by atoms with Crippen LogP contribution in [-0.4, -0.2) is 28.8 Å². The number of allylic oxidation sites excluding steroid dienone is 3. The van der Waals surface area contributed by atoms with Crippen LogP contribution in [0, 0.1) is 44.3 Å². The summed E-state index contributed by atoms with van der Waals surface area (Å²) in [7, 11) is 0. The van der Waals surface area contributed by atoms with Gasteiger partial charge in [0.2, 0.25) is 0 Å². The minimum absolute atomic E-state index is 0.0411. The van der Waals surface area contributed by atoms with Crippen molar-refractivity contribution in [3.05, 3.63) is 23.3 Å². The Morgan fingerprint density at radius 3 is 2.00 bits per heavy atom. The van der Waals surface area contributed by atoms with E-state index in [0.29, 0.717) is 12.3 Å². The molecule has 0 heterocycles. The average molecular weight is 555 g/mol. The van der Waals surface area contributed by atoms with E-state index >= 15 is 0 Å². The molecule has 222 valence electrons. The molecule has 40 heavy (non-hydrogen) atoms. The lowest BCUT2D eigenvalue weighted by molar-refractivity contribution is -0.278. The molecule has 0 saturated heterocycles. The zero-order valence-corrected chi connectivity index (χ0v) is 26.2. The van der Waals surface area contributed by atoms with Crippen LogP contribution < -0.4 is 0 Å². The van der Waals surface area contributed by atoms with Crippen molar-refractivity contribution in [2.24, 2.45) is 44.3 Å². The van der Waals surface area contributed by atoms with E-state index in [1.165, 1.54) is 25.0 Å². The molecule has 0 bridgehead atoms. The Hall–Kier alpha value is -2.11. The Balaban J connectivity index is 1.59. The highest BCUT2D eigenvalue weighted by Gasteiger charge is 2.70. The predicted octanol–water partition coefficient (Wildman–Crippen LogP) is 7.62. The van der Waals surface area contributed by atoms with Crippen LogP contribution in [0.4, 0.5) is 0 Å². The second-order valence-corrected chi connectivity index (χ2v) is 15.9. The number of esters is 2. The quantitative estimate of drug-likeness (QED) is 0.219. The number of ether oxygens (including phenoxy) is 2. The Morgan fingerprint density at radius 2 is 1.43 bits per heavy atom. The second kappa shape index (κ2) is 8.70. The fraction of sp³-hybridized carbons (Fsp3) is 0.794. The maximum atomic E-state index is 12.9. The van der Waals surface area contributed by atoms with Crippen molar-refractivity contribution in [3.63, 3.8) is 0 Å². The van der Waals surface area contributed by atoms with Crippen LogP contribution in [0.15, 0.2) is 23.3 Å². The smallest absolute Gasteiger partial charge is 0.310 e. The highest BCUT2D eigenvalue weighted by molar-refractivity contribution is 5.76. The van der Waals surface area contributed by atoms with Gasteiger partial charge in [0, 0.05) is 20.3 Å². The van der Waals surface area contributed by atoms with Gasteiger partial charge in [0.15, 0.2) is 0 Å². The van der Waals surface area contributed by atoms with E-state index in [9.17, 15) is 19.5 Å². The average Bonchev–Trinajstić information content (AvgIpc) is 2.81. The normalized spacial score (nSPS) is 42.4. The van der Waals surface area contributed by atoms with Gasteiger partial charge in [-0.2, -0.15) is 0 Å². The molecule has 6 nitrogen and oxygen atoms in total. The highest BCUT2D eigenvalue weighted by atomic mass is 16.7. The van der Waals surface area contributed by atoms with Crippen molar-refractivity contribution in [3.8, 4) is 0 Å². The zero-order chi connectivity index (χ0) is 29.7. The molecule has 1 N–H and O–H groups in total. The van der Waals surface area contributed by atoms with E-state index in [2.05, 4.69) is 60.6 Å². The Kier molecular flexibility index (Phi) is 6.39. The third-order valence-corrected chi connectivity index (χ3v) is 13.1. The fourth-order valence-corrected chi connectivity index (χ4v) is 10.7. The number of carboxylic acid groups (broad SMARTS) is 1. The summed E-state index contributed by atoms with van der Waals surface area (Å²) in [5, 5.41) is 10.6. The van der Waals surface area contributed by atoms with Crippen molar-refractivity contribution >= 4 is 17.9 Å². The first kappa shape index (κ1) is 29.4. The molecule has 0 aromatic heterocycles. The lowest BCUT2D eigenvalue weighted by Gasteiger charge is -2.69. The SMILES string of the molecule is CC(=O)OC1(OC(C)=O)CC[C@@]2(C)C(=CC[C@]3(C)[C@@H]2CC=C2[C@H]4CC(C)(C)CC[C@]4(C(=O)O)CC[C@]23C)C1(C)C. The predicted molar refractivity (Wildman–Crippen MR) is 153 cm³/mol. The molecule has 0 spiro atoms. The van der Waals surface area contributed by atoms with Gasteiger partial charge in [-0.1, -0.05) is 57.9 Å². The summed E-state index contributed by atoms with van der Waals surface area (Å²) in [5.41, 5.74) is 1.10. The van der Waals surface area contributed by atoms with Gasteiger partial charge >= 0.3 is 17.9 Å². The lowest BCUT2D eigenvalue weighted by Crippen LogP contribution is -2.65. The third kappa shape index (κ3) is 3.68. The number of carboxylic acids is 1. The summed E-state index contributed by atoms with van der Waals surface area (Å²) in [5.74, 6) is -2.42. The van der Waals surface area contributed by atoms with Crippen LogP contribution in [0.2, 0.25) is 0 Å². The molecule has 0 unspecified atom stereocenters. The zero-order valence-electron chi connectivity index (χ0n) is 26.2. The van der Waals surface area contributed by atoms with Crippen molar-refractivity contribution in [1.29, 1.82) is 0 Å². The molecule has 3 saturated carbocycles.